The second kappa shape index (κ2) is 6.28. The highest BCUT2D eigenvalue weighted by Gasteiger charge is 2.30. The third kappa shape index (κ3) is 3.28. The fourth-order valence-electron chi connectivity index (χ4n) is 2.95. The Morgan fingerprint density at radius 2 is 1.96 bits per heavy atom. The summed E-state index contributed by atoms with van der Waals surface area (Å²) in [6.45, 7) is 1.87. The lowest BCUT2D eigenvalue weighted by Gasteiger charge is -2.22. The van der Waals surface area contributed by atoms with Crippen molar-refractivity contribution in [1.82, 2.24) is 0 Å². The number of ether oxygens (including phenoxy) is 1. The van der Waals surface area contributed by atoms with Gasteiger partial charge >= 0.3 is 0 Å². The summed E-state index contributed by atoms with van der Waals surface area (Å²) >= 11 is 0. The minimum absolute atomic E-state index is 0.0841. The summed E-state index contributed by atoms with van der Waals surface area (Å²) in [6, 6.07) is 14.1. The van der Waals surface area contributed by atoms with Crippen molar-refractivity contribution in [2.45, 2.75) is 24.3 Å². The van der Waals surface area contributed by atoms with Crippen molar-refractivity contribution in [2.24, 2.45) is 0 Å². The number of nitrogens with zero attached hydrogens (tertiary/aromatic N) is 1. The predicted molar refractivity (Wildman–Crippen MR) is 92.1 cm³/mol. The van der Waals surface area contributed by atoms with E-state index in [0.29, 0.717) is 5.75 Å². The third-order valence-corrected chi connectivity index (χ3v) is 5.18. The van der Waals surface area contributed by atoms with Gasteiger partial charge in [0.1, 0.15) is 5.75 Å². The molecule has 24 heavy (non-hydrogen) atoms. The van der Waals surface area contributed by atoms with Gasteiger partial charge in [-0.3, -0.25) is 4.79 Å². The summed E-state index contributed by atoms with van der Waals surface area (Å²) in [6.07, 6.45) is 1.96. The Morgan fingerprint density at radius 3 is 2.71 bits per heavy atom. The largest absolute Gasteiger partial charge is 0.484 e. The molecule has 5 nitrogen and oxygen atoms in total. The van der Waals surface area contributed by atoms with Crippen LogP contribution in [0.1, 0.15) is 12.5 Å². The van der Waals surface area contributed by atoms with Gasteiger partial charge in [-0.15, -0.1) is 0 Å². The molecule has 0 N–H and O–H groups in total. The van der Waals surface area contributed by atoms with Crippen molar-refractivity contribution >= 4 is 21.4 Å². The normalized spacial score (nSPS) is 16.8. The molecule has 6 heteroatoms. The first kappa shape index (κ1) is 16.5. The Morgan fingerprint density at radius 1 is 1.21 bits per heavy atom. The number of carbonyl (C=O) groups excluding carboxylic acids is 1. The van der Waals surface area contributed by atoms with Gasteiger partial charge in [0.15, 0.2) is 16.4 Å². The van der Waals surface area contributed by atoms with Crippen LogP contribution in [0.5, 0.6) is 5.75 Å². The van der Waals surface area contributed by atoms with Gasteiger partial charge in [0, 0.05) is 18.0 Å². The Labute approximate surface area is 141 Å². The Kier molecular flexibility index (Phi) is 4.32. The van der Waals surface area contributed by atoms with E-state index in [1.165, 1.54) is 12.1 Å². The molecule has 2 aromatic rings. The van der Waals surface area contributed by atoms with Crippen LogP contribution in [-0.2, 0) is 21.1 Å². The fourth-order valence-corrected chi connectivity index (χ4v) is 3.61. The molecule has 1 aliphatic heterocycles. The van der Waals surface area contributed by atoms with Gasteiger partial charge in [0.25, 0.3) is 5.91 Å². The standard InChI is InChI=1S/C18H19NO4S/c1-13-10-14-6-3-4-9-17(14)19(13)18(20)12-23-15-7-5-8-16(11-15)24(2,21)22/h3-9,11,13H,10,12H2,1-2H3/t13-/m1/s1. The summed E-state index contributed by atoms with van der Waals surface area (Å²) in [5.41, 5.74) is 2.07. The first-order valence-corrected chi connectivity index (χ1v) is 9.58. The zero-order chi connectivity index (χ0) is 17.3. The molecule has 2 aromatic carbocycles. The van der Waals surface area contributed by atoms with Crippen LogP contribution in [0.15, 0.2) is 53.4 Å². The molecule has 0 spiro atoms. The minimum Gasteiger partial charge on any atom is -0.484 e. The van der Waals surface area contributed by atoms with E-state index in [-0.39, 0.29) is 23.5 Å². The molecule has 0 aliphatic carbocycles. The van der Waals surface area contributed by atoms with Gasteiger partial charge in [-0.25, -0.2) is 8.42 Å². The van der Waals surface area contributed by atoms with Gasteiger partial charge < -0.3 is 9.64 Å². The predicted octanol–water partition coefficient (Wildman–Crippen LogP) is 2.45. The van der Waals surface area contributed by atoms with Crippen LogP contribution in [0.25, 0.3) is 0 Å². The maximum absolute atomic E-state index is 12.6. The van der Waals surface area contributed by atoms with E-state index in [0.717, 1.165) is 23.9 Å². The molecule has 0 radical (unpaired) electrons. The van der Waals surface area contributed by atoms with Crippen molar-refractivity contribution in [3.8, 4) is 5.75 Å². The molecule has 1 atom stereocenters. The number of hydrogen-bond acceptors (Lipinski definition) is 4. The van der Waals surface area contributed by atoms with Crippen LogP contribution in [0.2, 0.25) is 0 Å². The summed E-state index contributed by atoms with van der Waals surface area (Å²) in [5.74, 6) is 0.226. The number of fused-ring (bicyclic) bond motifs is 1. The van der Waals surface area contributed by atoms with E-state index in [2.05, 4.69) is 0 Å². The monoisotopic (exact) mass is 345 g/mol. The lowest BCUT2D eigenvalue weighted by atomic mass is 10.1. The maximum atomic E-state index is 12.6. The number of carbonyl (C=O) groups is 1. The minimum atomic E-state index is -3.30. The molecule has 0 unspecified atom stereocenters. The number of rotatable bonds is 4. The highest BCUT2D eigenvalue weighted by atomic mass is 32.2. The molecular formula is C18H19NO4S. The van der Waals surface area contributed by atoms with E-state index in [9.17, 15) is 13.2 Å². The fraction of sp³-hybridized carbons (Fsp3) is 0.278. The SMILES string of the molecule is C[C@@H]1Cc2ccccc2N1C(=O)COc1cccc(S(C)(=O)=O)c1. The second-order valence-corrected chi connectivity index (χ2v) is 8.00. The van der Waals surface area contributed by atoms with Crippen LogP contribution in [0.4, 0.5) is 5.69 Å². The molecule has 3 rings (SSSR count). The summed E-state index contributed by atoms with van der Waals surface area (Å²) in [7, 11) is -3.30. The van der Waals surface area contributed by atoms with E-state index >= 15 is 0 Å². The Balaban J connectivity index is 1.73. The molecule has 1 heterocycles. The first-order valence-electron chi connectivity index (χ1n) is 7.69. The number of anilines is 1. The van der Waals surface area contributed by atoms with Crippen molar-refractivity contribution in [2.75, 3.05) is 17.8 Å². The second-order valence-electron chi connectivity index (χ2n) is 5.98. The van der Waals surface area contributed by atoms with Gasteiger partial charge in [-0.1, -0.05) is 24.3 Å². The number of benzene rings is 2. The summed E-state index contributed by atoms with van der Waals surface area (Å²) in [5, 5.41) is 0. The lowest BCUT2D eigenvalue weighted by molar-refractivity contribution is -0.120. The molecule has 126 valence electrons. The molecule has 0 bridgehead atoms. The topological polar surface area (TPSA) is 63.7 Å². The van der Waals surface area contributed by atoms with Crippen LogP contribution in [0, 0.1) is 0 Å². The molecule has 1 amide bonds. The number of para-hydroxylation sites is 1. The zero-order valence-electron chi connectivity index (χ0n) is 13.6. The van der Waals surface area contributed by atoms with Crippen molar-refractivity contribution in [3.05, 3.63) is 54.1 Å². The number of hydrogen-bond donors (Lipinski definition) is 0. The molecular weight excluding hydrogens is 326 g/mol. The van der Waals surface area contributed by atoms with Crippen molar-refractivity contribution < 1.29 is 17.9 Å². The highest BCUT2D eigenvalue weighted by molar-refractivity contribution is 7.90. The first-order chi connectivity index (χ1) is 11.4. The number of amides is 1. The van der Waals surface area contributed by atoms with E-state index < -0.39 is 9.84 Å². The van der Waals surface area contributed by atoms with Crippen LogP contribution in [0.3, 0.4) is 0 Å². The summed E-state index contributed by atoms with van der Waals surface area (Å²) in [4.78, 5) is 14.5. The van der Waals surface area contributed by atoms with E-state index in [1.54, 1.807) is 17.0 Å². The average Bonchev–Trinajstić information content (AvgIpc) is 2.88. The quantitative estimate of drug-likeness (QED) is 0.854. The van der Waals surface area contributed by atoms with Gasteiger partial charge in [0.05, 0.1) is 4.90 Å². The Hall–Kier alpha value is -2.34. The average molecular weight is 345 g/mol. The molecule has 0 aromatic heterocycles. The van der Waals surface area contributed by atoms with Gasteiger partial charge in [-0.05, 0) is 43.2 Å². The third-order valence-electron chi connectivity index (χ3n) is 4.07. The van der Waals surface area contributed by atoms with Crippen LogP contribution < -0.4 is 9.64 Å². The van der Waals surface area contributed by atoms with Gasteiger partial charge in [-0.2, -0.15) is 0 Å². The lowest BCUT2D eigenvalue weighted by Crippen LogP contribution is -2.39. The van der Waals surface area contributed by atoms with E-state index in [4.69, 9.17) is 4.74 Å². The Bertz CT molecular complexity index is 876. The maximum Gasteiger partial charge on any atom is 0.265 e. The molecule has 0 saturated carbocycles. The molecule has 1 aliphatic rings. The van der Waals surface area contributed by atoms with E-state index in [1.807, 2.05) is 31.2 Å². The van der Waals surface area contributed by atoms with Gasteiger partial charge in [0.2, 0.25) is 0 Å². The van der Waals surface area contributed by atoms with Crippen molar-refractivity contribution in [1.29, 1.82) is 0 Å². The van der Waals surface area contributed by atoms with Crippen LogP contribution in [-0.4, -0.2) is 33.2 Å². The van der Waals surface area contributed by atoms with Crippen LogP contribution >= 0.6 is 0 Å². The van der Waals surface area contributed by atoms with Crippen molar-refractivity contribution in [3.63, 3.8) is 0 Å². The highest BCUT2D eigenvalue weighted by Crippen LogP contribution is 2.31. The smallest absolute Gasteiger partial charge is 0.265 e. The molecule has 0 fully saturated rings. The number of sulfone groups is 1. The summed E-state index contributed by atoms with van der Waals surface area (Å²) < 4.78 is 28.7. The zero-order valence-corrected chi connectivity index (χ0v) is 14.4. The molecule has 0 saturated heterocycles.